The third-order valence-electron chi connectivity index (χ3n) is 3.20. The number of rotatable bonds is 4. The summed E-state index contributed by atoms with van der Waals surface area (Å²) < 4.78 is 17.0. The molecule has 1 atom stereocenters. The Bertz CT molecular complexity index is 324. The van der Waals surface area contributed by atoms with Crippen LogP contribution in [0.25, 0.3) is 0 Å². The summed E-state index contributed by atoms with van der Waals surface area (Å²) in [5, 5.41) is 10.5. The van der Waals surface area contributed by atoms with Gasteiger partial charge in [-0.2, -0.15) is 0 Å². The highest BCUT2D eigenvalue weighted by molar-refractivity contribution is 7.30. The summed E-state index contributed by atoms with van der Waals surface area (Å²) in [6, 6.07) is 1.49. The van der Waals surface area contributed by atoms with Crippen LogP contribution in [0.5, 0.6) is 0 Å². The van der Waals surface area contributed by atoms with Crippen molar-refractivity contribution in [2.24, 2.45) is 16.8 Å². The first-order chi connectivity index (χ1) is 8.70. The molecule has 0 amide bonds. The summed E-state index contributed by atoms with van der Waals surface area (Å²) in [4.78, 5) is 13.2. The Morgan fingerprint density at radius 1 is 1.50 bits per heavy atom. The maximum Gasteiger partial charge on any atom is 0.521 e. The fraction of sp³-hybridized carbons (Fsp3) is 0.900. The number of aliphatic imine (C=N–C) groups is 1. The first kappa shape index (κ1) is 13.7. The van der Waals surface area contributed by atoms with E-state index in [4.69, 9.17) is 19.5 Å². The molecule has 0 radical (unpaired) electrons. The number of nitrogens with zero attached hydrogens (tertiary/aromatic N) is 1. The maximum absolute atomic E-state index is 8.93. The molecule has 0 aromatic carbocycles. The Morgan fingerprint density at radius 2 is 2.06 bits per heavy atom. The van der Waals surface area contributed by atoms with Crippen molar-refractivity contribution in [3.63, 3.8) is 0 Å². The zero-order chi connectivity index (χ0) is 13.0. The predicted octanol–water partition coefficient (Wildman–Crippen LogP) is 0.890. The highest BCUT2D eigenvalue weighted by Crippen LogP contribution is 2.44. The summed E-state index contributed by atoms with van der Waals surface area (Å²) in [7, 11) is -3.04. The molecule has 104 valence electrons. The molecule has 2 fully saturated rings. The van der Waals surface area contributed by atoms with Gasteiger partial charge in [-0.3, -0.25) is 0 Å². The second-order valence-electron chi connectivity index (χ2n) is 4.69. The van der Waals surface area contributed by atoms with Gasteiger partial charge in [0.15, 0.2) is 0 Å². The van der Waals surface area contributed by atoms with Crippen molar-refractivity contribution >= 4 is 14.3 Å². The molecule has 0 aromatic rings. The van der Waals surface area contributed by atoms with Gasteiger partial charge >= 0.3 is 8.25 Å². The molecule has 7 nitrogen and oxygen atoms in total. The Morgan fingerprint density at radius 3 is 2.39 bits per heavy atom. The van der Waals surface area contributed by atoms with E-state index in [0.717, 1.165) is 31.0 Å². The van der Waals surface area contributed by atoms with Crippen molar-refractivity contribution in [2.45, 2.75) is 31.7 Å². The van der Waals surface area contributed by atoms with Crippen molar-refractivity contribution in [3.8, 4) is 0 Å². The van der Waals surface area contributed by atoms with Crippen LogP contribution >= 0.6 is 8.25 Å². The number of ether oxygens (including phenoxy) is 1. The van der Waals surface area contributed by atoms with Crippen LogP contribution in [0.1, 0.15) is 27.1 Å². The average Bonchev–Trinajstić information content (AvgIpc) is 3.28. The van der Waals surface area contributed by atoms with Gasteiger partial charge in [0.05, 0.1) is 6.54 Å². The Kier molecular flexibility index (Phi) is 4.88. The quantitative estimate of drug-likeness (QED) is 0.449. The van der Waals surface area contributed by atoms with Gasteiger partial charge in [0.2, 0.25) is 0 Å². The molecular formula is C10H19N2O5P. The lowest BCUT2D eigenvalue weighted by Crippen LogP contribution is -2.38. The van der Waals surface area contributed by atoms with E-state index in [-0.39, 0.29) is 1.43 Å². The SMILES string of the molecule is C1COC(NC(C2CC2)C2CC2)=N1.O=[P+]([O-])OO.[HH]. The normalized spacial score (nSPS) is 22.8. The van der Waals surface area contributed by atoms with Crippen molar-refractivity contribution in [2.75, 3.05) is 13.2 Å². The molecule has 0 aromatic heterocycles. The highest BCUT2D eigenvalue weighted by Gasteiger charge is 2.42. The molecule has 1 aliphatic heterocycles. The smallest absolute Gasteiger partial charge is 0.521 e. The van der Waals surface area contributed by atoms with Crippen LogP contribution in [0, 0.1) is 11.8 Å². The van der Waals surface area contributed by atoms with E-state index in [9.17, 15) is 0 Å². The highest BCUT2D eigenvalue weighted by atomic mass is 31.1. The number of amidine groups is 1. The van der Waals surface area contributed by atoms with Gasteiger partial charge < -0.3 is 14.9 Å². The number of nitrogens with one attached hydrogen (secondary N) is 1. The van der Waals surface area contributed by atoms with Gasteiger partial charge in [-0.1, -0.05) is 0 Å². The molecule has 2 N–H and O–H groups in total. The molecule has 18 heavy (non-hydrogen) atoms. The van der Waals surface area contributed by atoms with Gasteiger partial charge in [0.1, 0.15) is 6.61 Å². The minimum absolute atomic E-state index is 0. The molecule has 3 rings (SSSR count). The van der Waals surface area contributed by atoms with Gasteiger partial charge in [0, 0.05) is 12.1 Å². The Balaban J connectivity index is 0.000000265. The molecule has 1 heterocycles. The monoisotopic (exact) mass is 278 g/mol. The van der Waals surface area contributed by atoms with Crippen LogP contribution < -0.4 is 10.2 Å². The summed E-state index contributed by atoms with van der Waals surface area (Å²) >= 11 is 0. The minimum atomic E-state index is -3.04. The van der Waals surface area contributed by atoms with Gasteiger partial charge in [0.25, 0.3) is 6.02 Å². The second-order valence-corrected chi connectivity index (χ2v) is 5.30. The van der Waals surface area contributed by atoms with Crippen molar-refractivity contribution in [1.82, 2.24) is 5.32 Å². The van der Waals surface area contributed by atoms with E-state index < -0.39 is 8.25 Å². The van der Waals surface area contributed by atoms with Gasteiger partial charge in [-0.15, -0.1) is 0 Å². The third kappa shape index (κ3) is 4.49. The summed E-state index contributed by atoms with van der Waals surface area (Å²) in [5.41, 5.74) is 0. The van der Waals surface area contributed by atoms with E-state index in [1.54, 1.807) is 0 Å². The standard InChI is InChI=1S/C10H16N2O.HO4P.H2/c1-2-7(1)9(8-3-4-8)12-10-11-5-6-13-10;1-4-5(2)3;/h7-9H,1-6H2,(H,11,12);1H;1H. The van der Waals surface area contributed by atoms with E-state index in [0.29, 0.717) is 6.04 Å². The van der Waals surface area contributed by atoms with Crippen LogP contribution in [-0.4, -0.2) is 30.5 Å². The fourth-order valence-corrected chi connectivity index (χ4v) is 2.10. The molecule has 0 saturated heterocycles. The van der Waals surface area contributed by atoms with Crippen molar-refractivity contribution < 1.29 is 25.6 Å². The van der Waals surface area contributed by atoms with E-state index in [1.807, 2.05) is 0 Å². The number of hydrogen-bond acceptors (Lipinski definition) is 7. The van der Waals surface area contributed by atoms with Crippen molar-refractivity contribution in [3.05, 3.63) is 0 Å². The van der Waals surface area contributed by atoms with E-state index in [1.165, 1.54) is 25.7 Å². The summed E-state index contributed by atoms with van der Waals surface area (Å²) in [5.74, 6) is 1.83. The zero-order valence-corrected chi connectivity index (χ0v) is 10.8. The molecule has 2 aliphatic carbocycles. The Hall–Kier alpha value is -0.750. The topological polar surface area (TPSA) is 103 Å². The first-order valence-electron chi connectivity index (χ1n) is 6.10. The largest absolute Gasteiger partial charge is 0.565 e. The van der Waals surface area contributed by atoms with Gasteiger partial charge in [-0.25, -0.2) is 10.2 Å². The van der Waals surface area contributed by atoms with Crippen LogP contribution in [0.4, 0.5) is 0 Å². The summed E-state index contributed by atoms with van der Waals surface area (Å²) in [6.45, 7) is 1.61. The third-order valence-corrected chi connectivity index (χ3v) is 3.34. The molecule has 1 unspecified atom stereocenters. The first-order valence-corrected chi connectivity index (χ1v) is 7.20. The minimum Gasteiger partial charge on any atom is -0.565 e. The lowest BCUT2D eigenvalue weighted by atomic mass is 10.1. The van der Waals surface area contributed by atoms with Crippen molar-refractivity contribution in [1.29, 1.82) is 0 Å². The molecule has 0 bridgehead atoms. The molecule has 2 saturated carbocycles. The number of hydrogen-bond donors (Lipinski definition) is 2. The van der Waals surface area contributed by atoms with E-state index >= 15 is 0 Å². The maximum atomic E-state index is 8.93. The van der Waals surface area contributed by atoms with Crippen LogP contribution in [0.3, 0.4) is 0 Å². The van der Waals surface area contributed by atoms with Crippen LogP contribution in [0.2, 0.25) is 0 Å². The molecule has 0 spiro atoms. The molecule has 3 aliphatic rings. The predicted molar refractivity (Wildman–Crippen MR) is 64.1 cm³/mol. The fourth-order valence-electron chi connectivity index (χ4n) is 2.10. The summed E-state index contributed by atoms with van der Waals surface area (Å²) in [6.07, 6.45) is 5.62. The van der Waals surface area contributed by atoms with Crippen LogP contribution in [0.15, 0.2) is 4.99 Å². The van der Waals surface area contributed by atoms with Crippen LogP contribution in [-0.2, 0) is 14.0 Å². The molecule has 8 heteroatoms. The molecular weight excluding hydrogens is 259 g/mol. The van der Waals surface area contributed by atoms with E-state index in [2.05, 4.69) is 15.0 Å². The Labute approximate surface area is 108 Å². The second kappa shape index (κ2) is 6.43. The zero-order valence-electron chi connectivity index (χ0n) is 9.95. The average molecular weight is 278 g/mol. The van der Waals surface area contributed by atoms with Gasteiger partial charge in [-0.05, 0) is 42.1 Å². The lowest BCUT2D eigenvalue weighted by Gasteiger charge is -2.17. The lowest BCUT2D eigenvalue weighted by molar-refractivity contribution is -0.244.